The molecule has 0 spiro atoms. The number of hydrogen-bond donors (Lipinski definition) is 3. The van der Waals surface area contributed by atoms with Crippen molar-refractivity contribution in [1.29, 1.82) is 0 Å². The second-order valence-corrected chi connectivity index (χ2v) is 4.72. The highest BCUT2D eigenvalue weighted by atomic mass is 19.4. The number of nitrogen functional groups attached to an aromatic ring is 1. The monoisotopic (exact) mass is 369 g/mol. The van der Waals surface area contributed by atoms with Crippen molar-refractivity contribution in [3.8, 4) is 23.0 Å². The minimum absolute atomic E-state index is 0.0260. The number of aromatic hydroxyl groups is 2. The summed E-state index contributed by atoms with van der Waals surface area (Å²) in [4.78, 5) is 0. The Morgan fingerprint density at radius 2 is 1.28 bits per heavy atom. The number of rotatable bonds is 2. The first-order chi connectivity index (χ1) is 11.4. The lowest BCUT2D eigenvalue weighted by Gasteiger charge is -2.08. The Morgan fingerprint density at radius 1 is 0.800 bits per heavy atom. The summed E-state index contributed by atoms with van der Waals surface area (Å²) in [5, 5.41) is 18.3. The van der Waals surface area contributed by atoms with E-state index in [9.17, 15) is 31.4 Å². The highest BCUT2D eigenvalue weighted by Crippen LogP contribution is 2.32. The molecule has 0 fully saturated rings. The second kappa shape index (κ2) is 7.86. The molecule has 0 aliphatic carbocycles. The van der Waals surface area contributed by atoms with Gasteiger partial charge in [0, 0.05) is 6.07 Å². The molecule has 0 amide bonds. The molecule has 2 aromatic carbocycles. The van der Waals surface area contributed by atoms with Gasteiger partial charge in [-0.3, -0.25) is 0 Å². The SMILES string of the molecule is FC(F)(F)CC(F)(F)F.Nc1cc(Oc2ccc(O)cc2)ccc1O. The van der Waals surface area contributed by atoms with Gasteiger partial charge in [0.15, 0.2) is 0 Å². The predicted octanol–water partition coefficient (Wildman–Crippen LogP) is 4.97. The van der Waals surface area contributed by atoms with Crippen LogP contribution in [0.25, 0.3) is 0 Å². The maximum absolute atomic E-state index is 10.8. The van der Waals surface area contributed by atoms with Crippen molar-refractivity contribution in [3.05, 3.63) is 42.5 Å². The molecule has 25 heavy (non-hydrogen) atoms. The number of halogens is 6. The number of hydrogen-bond acceptors (Lipinski definition) is 4. The lowest BCUT2D eigenvalue weighted by molar-refractivity contribution is -0.232. The highest BCUT2D eigenvalue weighted by molar-refractivity contribution is 5.55. The third-order valence-corrected chi connectivity index (χ3v) is 2.47. The quantitative estimate of drug-likeness (QED) is 0.397. The lowest BCUT2D eigenvalue weighted by atomic mass is 10.3. The number of anilines is 1. The lowest BCUT2D eigenvalue weighted by Crippen LogP contribution is -2.20. The summed E-state index contributed by atoms with van der Waals surface area (Å²) in [7, 11) is 0. The van der Waals surface area contributed by atoms with Crippen LogP contribution in [0.15, 0.2) is 42.5 Å². The van der Waals surface area contributed by atoms with Crippen LogP contribution >= 0.6 is 0 Å². The molecule has 0 aliphatic heterocycles. The van der Waals surface area contributed by atoms with Crippen LogP contribution in [0, 0.1) is 0 Å². The van der Waals surface area contributed by atoms with Gasteiger partial charge in [-0.05, 0) is 36.4 Å². The van der Waals surface area contributed by atoms with Gasteiger partial charge in [0.25, 0.3) is 0 Å². The minimum atomic E-state index is -5.14. The summed E-state index contributed by atoms with van der Waals surface area (Å²) < 4.78 is 70.5. The topological polar surface area (TPSA) is 75.7 Å². The predicted molar refractivity (Wildman–Crippen MR) is 77.4 cm³/mol. The van der Waals surface area contributed by atoms with Crippen molar-refractivity contribution in [2.75, 3.05) is 5.73 Å². The molecule has 4 nitrogen and oxygen atoms in total. The molecule has 10 heteroatoms. The van der Waals surface area contributed by atoms with E-state index in [4.69, 9.17) is 15.6 Å². The molecule has 0 bridgehead atoms. The molecule has 4 N–H and O–H groups in total. The Bertz CT molecular complexity index is 671. The Kier molecular flexibility index (Phi) is 6.37. The zero-order chi connectivity index (χ0) is 19.3. The third-order valence-electron chi connectivity index (χ3n) is 2.47. The van der Waals surface area contributed by atoms with Crippen molar-refractivity contribution in [2.24, 2.45) is 0 Å². The van der Waals surface area contributed by atoms with Crippen molar-refractivity contribution >= 4 is 5.69 Å². The van der Waals surface area contributed by atoms with E-state index in [0.717, 1.165) is 0 Å². The molecule has 2 rings (SSSR count). The zero-order valence-corrected chi connectivity index (χ0v) is 12.4. The maximum atomic E-state index is 10.8. The molecule has 0 heterocycles. The molecule has 2 aromatic rings. The van der Waals surface area contributed by atoms with Crippen molar-refractivity contribution in [1.82, 2.24) is 0 Å². The van der Waals surface area contributed by atoms with Gasteiger partial charge in [0.05, 0.1) is 5.69 Å². The first-order valence-electron chi connectivity index (χ1n) is 6.54. The molecule has 0 aliphatic rings. The van der Waals surface area contributed by atoms with E-state index in [1.54, 1.807) is 18.2 Å². The largest absolute Gasteiger partial charge is 0.508 e. The van der Waals surface area contributed by atoms with Gasteiger partial charge >= 0.3 is 12.4 Å². The Hall–Kier alpha value is -2.78. The number of ether oxygens (including phenoxy) is 1. The molecule has 0 radical (unpaired) electrons. The van der Waals surface area contributed by atoms with Crippen molar-refractivity contribution in [2.45, 2.75) is 18.8 Å². The first-order valence-corrected chi connectivity index (χ1v) is 6.54. The maximum Gasteiger partial charge on any atom is 0.397 e. The molecular weight excluding hydrogens is 356 g/mol. The molecule has 0 atom stereocenters. The number of alkyl halides is 6. The minimum Gasteiger partial charge on any atom is -0.508 e. The van der Waals surface area contributed by atoms with Gasteiger partial charge in [0.2, 0.25) is 0 Å². The first kappa shape index (κ1) is 20.3. The van der Waals surface area contributed by atoms with Gasteiger partial charge < -0.3 is 20.7 Å². The standard InChI is InChI=1S/C12H11NO3.C3H2F6/c13-11-7-10(5-6-12(11)15)16-9-3-1-8(14)2-4-9;4-2(5,6)1-3(7,8)9/h1-7,14-15H,13H2;1H2. The number of benzene rings is 2. The van der Waals surface area contributed by atoms with E-state index >= 15 is 0 Å². The van der Waals surface area contributed by atoms with E-state index in [2.05, 4.69) is 0 Å². The third kappa shape index (κ3) is 8.58. The van der Waals surface area contributed by atoms with Crippen LogP contribution in [-0.4, -0.2) is 22.6 Å². The average Bonchev–Trinajstić information content (AvgIpc) is 2.42. The fourth-order valence-electron chi connectivity index (χ4n) is 1.47. The average molecular weight is 369 g/mol. The van der Waals surface area contributed by atoms with Crippen LogP contribution in [0.3, 0.4) is 0 Å². The number of phenolic OH excluding ortho intramolecular Hbond substituents is 2. The van der Waals surface area contributed by atoms with E-state index in [0.29, 0.717) is 11.5 Å². The molecule has 0 saturated heterocycles. The summed E-state index contributed by atoms with van der Waals surface area (Å²) >= 11 is 0. The summed E-state index contributed by atoms with van der Waals surface area (Å²) in [5.41, 5.74) is 5.79. The van der Waals surface area contributed by atoms with E-state index in [1.807, 2.05) is 0 Å². The van der Waals surface area contributed by atoms with Gasteiger partial charge in [0.1, 0.15) is 29.4 Å². The van der Waals surface area contributed by atoms with Crippen LogP contribution in [0.4, 0.5) is 32.0 Å². The molecular formula is C15H13F6NO3. The molecule has 0 unspecified atom stereocenters. The summed E-state index contributed by atoms with van der Waals surface area (Å²) in [6.07, 6.45) is -13.0. The number of nitrogens with two attached hydrogens (primary N) is 1. The second-order valence-electron chi connectivity index (χ2n) is 4.72. The highest BCUT2D eigenvalue weighted by Gasteiger charge is 2.43. The van der Waals surface area contributed by atoms with Crippen LogP contribution in [0.1, 0.15) is 6.42 Å². The van der Waals surface area contributed by atoms with E-state index < -0.39 is 18.8 Å². The Morgan fingerprint density at radius 3 is 1.68 bits per heavy atom. The van der Waals surface area contributed by atoms with Gasteiger partial charge in [-0.15, -0.1) is 0 Å². The normalized spacial score (nSPS) is 11.4. The van der Waals surface area contributed by atoms with Crippen LogP contribution in [0.5, 0.6) is 23.0 Å². The van der Waals surface area contributed by atoms with Crippen molar-refractivity contribution < 1.29 is 41.3 Å². The van der Waals surface area contributed by atoms with Gasteiger partial charge in [-0.25, -0.2) is 0 Å². The fraction of sp³-hybridized carbons (Fsp3) is 0.200. The molecule has 0 aromatic heterocycles. The van der Waals surface area contributed by atoms with E-state index in [-0.39, 0.29) is 17.2 Å². The van der Waals surface area contributed by atoms with Crippen LogP contribution < -0.4 is 10.5 Å². The number of phenols is 2. The Balaban J connectivity index is 0.000000299. The summed E-state index contributed by atoms with van der Waals surface area (Å²) in [6, 6.07) is 10.9. The zero-order valence-electron chi connectivity index (χ0n) is 12.4. The van der Waals surface area contributed by atoms with Crippen LogP contribution in [0.2, 0.25) is 0 Å². The summed E-state index contributed by atoms with van der Waals surface area (Å²) in [6.45, 7) is 0. The van der Waals surface area contributed by atoms with Gasteiger partial charge in [-0.2, -0.15) is 26.3 Å². The molecule has 0 saturated carbocycles. The van der Waals surface area contributed by atoms with Gasteiger partial charge in [-0.1, -0.05) is 0 Å². The smallest absolute Gasteiger partial charge is 0.397 e. The van der Waals surface area contributed by atoms with Crippen LogP contribution in [-0.2, 0) is 0 Å². The Labute approximate surface area is 138 Å². The van der Waals surface area contributed by atoms with E-state index in [1.165, 1.54) is 24.3 Å². The molecule has 138 valence electrons. The van der Waals surface area contributed by atoms with Crippen molar-refractivity contribution in [3.63, 3.8) is 0 Å². The summed E-state index contributed by atoms with van der Waals surface area (Å²) in [5.74, 6) is 1.32. The fourth-order valence-corrected chi connectivity index (χ4v) is 1.47.